The molecule has 0 saturated heterocycles. The van der Waals surface area contributed by atoms with Gasteiger partial charge in [0.1, 0.15) is 5.82 Å². The molecule has 0 spiro atoms. The van der Waals surface area contributed by atoms with E-state index in [1.165, 1.54) is 19.3 Å². The molecule has 2 N–H and O–H groups in total. The van der Waals surface area contributed by atoms with Gasteiger partial charge >= 0.3 is 0 Å². The van der Waals surface area contributed by atoms with Crippen molar-refractivity contribution >= 4 is 5.82 Å². The van der Waals surface area contributed by atoms with E-state index in [1.54, 1.807) is 12.4 Å². The van der Waals surface area contributed by atoms with Gasteiger partial charge in [0.15, 0.2) is 0 Å². The largest absolute Gasteiger partial charge is 0.394 e. The Morgan fingerprint density at radius 1 is 1.25 bits per heavy atom. The maximum absolute atomic E-state index is 9.58. The predicted octanol–water partition coefficient (Wildman–Crippen LogP) is 1.89. The van der Waals surface area contributed by atoms with E-state index in [9.17, 15) is 5.11 Å². The zero-order valence-electron chi connectivity index (χ0n) is 9.74. The molecule has 1 aromatic heterocycles. The van der Waals surface area contributed by atoms with Crippen molar-refractivity contribution in [1.29, 1.82) is 0 Å². The van der Waals surface area contributed by atoms with Crippen LogP contribution in [0.3, 0.4) is 0 Å². The van der Waals surface area contributed by atoms with Gasteiger partial charge in [-0.2, -0.15) is 0 Å². The second kappa shape index (κ2) is 4.78. The molecule has 1 aliphatic rings. The van der Waals surface area contributed by atoms with E-state index in [0.717, 1.165) is 24.4 Å². The van der Waals surface area contributed by atoms with Crippen molar-refractivity contribution in [3.63, 3.8) is 0 Å². The minimum atomic E-state index is -0.182. The van der Waals surface area contributed by atoms with Crippen LogP contribution in [-0.4, -0.2) is 27.2 Å². The van der Waals surface area contributed by atoms with Crippen molar-refractivity contribution < 1.29 is 5.11 Å². The molecule has 1 saturated carbocycles. The number of anilines is 1. The first-order chi connectivity index (χ1) is 7.76. The van der Waals surface area contributed by atoms with Gasteiger partial charge in [0.2, 0.25) is 0 Å². The Kier molecular flexibility index (Phi) is 3.39. The van der Waals surface area contributed by atoms with Crippen LogP contribution >= 0.6 is 0 Å². The van der Waals surface area contributed by atoms with Crippen LogP contribution in [0.25, 0.3) is 0 Å². The molecule has 0 unspecified atom stereocenters. The summed E-state index contributed by atoms with van der Waals surface area (Å²) in [6.07, 6.45) is 9.01. The van der Waals surface area contributed by atoms with Crippen LogP contribution in [0.4, 0.5) is 5.82 Å². The Bertz CT molecular complexity index is 348. The lowest BCUT2D eigenvalue weighted by atomic mass is 9.82. The third-order valence-corrected chi connectivity index (χ3v) is 3.38. The van der Waals surface area contributed by atoms with Crippen LogP contribution in [0, 0.1) is 6.92 Å². The fourth-order valence-electron chi connectivity index (χ4n) is 2.33. The molecule has 0 bridgehead atoms. The van der Waals surface area contributed by atoms with E-state index >= 15 is 0 Å². The molecule has 16 heavy (non-hydrogen) atoms. The lowest BCUT2D eigenvalue weighted by Crippen LogP contribution is -2.44. The highest BCUT2D eigenvalue weighted by Crippen LogP contribution is 2.31. The van der Waals surface area contributed by atoms with Crippen molar-refractivity contribution in [2.45, 2.75) is 44.6 Å². The zero-order chi connectivity index (χ0) is 11.4. The van der Waals surface area contributed by atoms with E-state index in [0.29, 0.717) is 0 Å². The van der Waals surface area contributed by atoms with Gasteiger partial charge < -0.3 is 10.4 Å². The topological polar surface area (TPSA) is 58.0 Å². The van der Waals surface area contributed by atoms with Gasteiger partial charge in [-0.1, -0.05) is 19.3 Å². The number of rotatable bonds is 3. The summed E-state index contributed by atoms with van der Waals surface area (Å²) in [5.74, 6) is 0.804. The van der Waals surface area contributed by atoms with Crippen LogP contribution in [0.5, 0.6) is 0 Å². The molecule has 4 nitrogen and oxygen atoms in total. The number of aliphatic hydroxyl groups is 1. The molecule has 1 aromatic rings. The number of nitrogens with one attached hydrogen (secondary N) is 1. The van der Waals surface area contributed by atoms with Crippen LogP contribution in [0.15, 0.2) is 12.4 Å². The number of aromatic nitrogens is 2. The van der Waals surface area contributed by atoms with E-state index < -0.39 is 0 Å². The molecular formula is C12H19N3O. The summed E-state index contributed by atoms with van der Waals surface area (Å²) in [4.78, 5) is 8.48. The fourth-order valence-corrected chi connectivity index (χ4v) is 2.33. The van der Waals surface area contributed by atoms with Crippen LogP contribution in [0.1, 0.15) is 37.8 Å². The molecule has 1 aliphatic carbocycles. The van der Waals surface area contributed by atoms with Crippen molar-refractivity contribution in [2.24, 2.45) is 0 Å². The van der Waals surface area contributed by atoms with Crippen molar-refractivity contribution in [2.75, 3.05) is 11.9 Å². The highest BCUT2D eigenvalue weighted by atomic mass is 16.3. The lowest BCUT2D eigenvalue weighted by Gasteiger charge is -2.37. The molecule has 4 heteroatoms. The minimum Gasteiger partial charge on any atom is -0.394 e. The second-order valence-corrected chi connectivity index (χ2v) is 4.61. The second-order valence-electron chi connectivity index (χ2n) is 4.61. The van der Waals surface area contributed by atoms with Gasteiger partial charge in [-0.15, -0.1) is 0 Å². The van der Waals surface area contributed by atoms with Gasteiger partial charge in [0.25, 0.3) is 0 Å². The molecule has 2 rings (SSSR count). The van der Waals surface area contributed by atoms with E-state index in [-0.39, 0.29) is 12.1 Å². The van der Waals surface area contributed by atoms with Crippen molar-refractivity contribution in [1.82, 2.24) is 9.97 Å². The Labute approximate surface area is 96.1 Å². The van der Waals surface area contributed by atoms with Crippen LogP contribution < -0.4 is 5.32 Å². The molecule has 0 aliphatic heterocycles. The summed E-state index contributed by atoms with van der Waals surface area (Å²) in [7, 11) is 0. The van der Waals surface area contributed by atoms with Gasteiger partial charge in [0.05, 0.1) is 17.8 Å². The molecule has 1 fully saturated rings. The number of hydrogen-bond acceptors (Lipinski definition) is 4. The smallest absolute Gasteiger partial charge is 0.147 e. The normalized spacial score (nSPS) is 19.4. The zero-order valence-corrected chi connectivity index (χ0v) is 9.74. The van der Waals surface area contributed by atoms with E-state index in [4.69, 9.17) is 0 Å². The number of aliphatic hydroxyl groups excluding tert-OH is 1. The Morgan fingerprint density at radius 2 is 1.94 bits per heavy atom. The average Bonchev–Trinajstić information content (AvgIpc) is 2.33. The highest BCUT2D eigenvalue weighted by molar-refractivity contribution is 5.41. The quantitative estimate of drug-likeness (QED) is 0.818. The standard InChI is InChI=1S/C12H19N3O/c1-10-11(14-8-7-13-10)15-12(9-16)5-3-2-4-6-12/h7-8,16H,2-6,9H2,1H3,(H,14,15). The van der Waals surface area contributed by atoms with E-state index in [2.05, 4.69) is 15.3 Å². The van der Waals surface area contributed by atoms with Gasteiger partial charge in [-0.25, -0.2) is 4.98 Å². The molecule has 0 atom stereocenters. The van der Waals surface area contributed by atoms with Gasteiger partial charge in [0, 0.05) is 12.4 Å². The molecular weight excluding hydrogens is 202 g/mol. The van der Waals surface area contributed by atoms with Gasteiger partial charge in [-0.3, -0.25) is 4.98 Å². The monoisotopic (exact) mass is 221 g/mol. The first-order valence-electron chi connectivity index (χ1n) is 5.92. The van der Waals surface area contributed by atoms with E-state index in [1.807, 2.05) is 6.92 Å². The molecule has 88 valence electrons. The van der Waals surface area contributed by atoms with Gasteiger partial charge in [-0.05, 0) is 19.8 Å². The summed E-state index contributed by atoms with van der Waals surface area (Å²) in [5.41, 5.74) is 0.708. The average molecular weight is 221 g/mol. The van der Waals surface area contributed by atoms with Crippen molar-refractivity contribution in [3.8, 4) is 0 Å². The summed E-state index contributed by atoms with van der Waals surface area (Å²) >= 11 is 0. The number of aryl methyl sites for hydroxylation is 1. The fraction of sp³-hybridized carbons (Fsp3) is 0.667. The maximum atomic E-state index is 9.58. The summed E-state index contributed by atoms with van der Waals surface area (Å²) in [6.45, 7) is 2.10. The molecule has 0 amide bonds. The molecule has 1 heterocycles. The molecule has 0 radical (unpaired) electrons. The third-order valence-electron chi connectivity index (χ3n) is 3.38. The number of hydrogen-bond donors (Lipinski definition) is 2. The predicted molar refractivity (Wildman–Crippen MR) is 63.3 cm³/mol. The first kappa shape index (κ1) is 11.3. The Hall–Kier alpha value is -1.16. The maximum Gasteiger partial charge on any atom is 0.147 e. The highest BCUT2D eigenvalue weighted by Gasteiger charge is 2.31. The van der Waals surface area contributed by atoms with Crippen molar-refractivity contribution in [3.05, 3.63) is 18.1 Å². The third kappa shape index (κ3) is 2.32. The number of nitrogens with zero attached hydrogens (tertiary/aromatic N) is 2. The lowest BCUT2D eigenvalue weighted by molar-refractivity contribution is 0.172. The Balaban J connectivity index is 2.15. The van der Waals surface area contributed by atoms with Crippen LogP contribution in [0.2, 0.25) is 0 Å². The first-order valence-corrected chi connectivity index (χ1v) is 5.92. The summed E-state index contributed by atoms with van der Waals surface area (Å²) < 4.78 is 0. The summed E-state index contributed by atoms with van der Waals surface area (Å²) in [6, 6.07) is 0. The minimum absolute atomic E-state index is 0.170. The summed E-state index contributed by atoms with van der Waals surface area (Å²) in [5, 5.41) is 13.0. The Morgan fingerprint density at radius 3 is 2.56 bits per heavy atom. The van der Waals surface area contributed by atoms with Crippen LogP contribution in [-0.2, 0) is 0 Å². The SMILES string of the molecule is Cc1nccnc1NC1(CO)CCCCC1. The molecule has 0 aromatic carbocycles.